The van der Waals surface area contributed by atoms with Crippen LogP contribution in [0.4, 0.5) is 0 Å². The molecule has 0 aliphatic heterocycles. The summed E-state index contributed by atoms with van der Waals surface area (Å²) in [5.74, 6) is 0. The molecule has 0 spiro atoms. The molecule has 0 heterocycles. The van der Waals surface area contributed by atoms with Crippen LogP contribution in [0, 0.1) is 0 Å². The molecule has 1 unspecified atom stereocenters. The molecule has 0 fully saturated rings. The Bertz CT molecular complexity index is 301. The largest absolute Gasteiger partial charge is 0.392 e. The summed E-state index contributed by atoms with van der Waals surface area (Å²) in [7, 11) is 0. The Kier molecular flexibility index (Phi) is 4.99. The molecule has 0 radical (unpaired) electrons. The van der Waals surface area contributed by atoms with Crippen LogP contribution in [0.15, 0.2) is 27.6 Å². The molecule has 1 aromatic carbocycles. The topological polar surface area (TPSA) is 20.2 Å². The maximum absolute atomic E-state index is 9.00. The molecular formula is C11H15BrOS. The summed E-state index contributed by atoms with van der Waals surface area (Å²) >= 11 is 5.31. The van der Waals surface area contributed by atoms with Crippen LogP contribution in [0.1, 0.15) is 25.8 Å². The highest BCUT2D eigenvalue weighted by molar-refractivity contribution is 9.10. The molecule has 1 rings (SSSR count). The summed E-state index contributed by atoms with van der Waals surface area (Å²) in [4.78, 5) is 1.25. The Morgan fingerprint density at radius 2 is 2.21 bits per heavy atom. The average Bonchev–Trinajstić information content (AvgIpc) is 2.18. The van der Waals surface area contributed by atoms with Crippen molar-refractivity contribution in [3.05, 3.63) is 28.2 Å². The third-order valence-corrected chi connectivity index (χ3v) is 4.11. The molecular weight excluding hydrogens is 260 g/mol. The summed E-state index contributed by atoms with van der Waals surface area (Å²) in [6.45, 7) is 4.50. The Hall–Kier alpha value is 0.01000. The van der Waals surface area contributed by atoms with Crippen LogP contribution >= 0.6 is 27.7 Å². The maximum atomic E-state index is 9.00. The van der Waals surface area contributed by atoms with Gasteiger partial charge < -0.3 is 5.11 Å². The lowest BCUT2D eigenvalue weighted by Crippen LogP contribution is -1.92. The van der Waals surface area contributed by atoms with Gasteiger partial charge in [0.2, 0.25) is 0 Å². The fourth-order valence-corrected chi connectivity index (χ4v) is 2.66. The number of hydrogen-bond acceptors (Lipinski definition) is 2. The van der Waals surface area contributed by atoms with Gasteiger partial charge in [-0.25, -0.2) is 0 Å². The number of halogens is 1. The van der Waals surface area contributed by atoms with Gasteiger partial charge in [0, 0.05) is 14.6 Å². The van der Waals surface area contributed by atoms with E-state index in [1.54, 1.807) is 0 Å². The van der Waals surface area contributed by atoms with Crippen LogP contribution in [-0.2, 0) is 6.61 Å². The van der Waals surface area contributed by atoms with Crippen LogP contribution in [0.25, 0.3) is 0 Å². The van der Waals surface area contributed by atoms with Crippen molar-refractivity contribution >= 4 is 27.7 Å². The van der Waals surface area contributed by atoms with E-state index in [1.165, 1.54) is 11.3 Å². The molecule has 78 valence electrons. The van der Waals surface area contributed by atoms with Gasteiger partial charge in [0.25, 0.3) is 0 Å². The van der Waals surface area contributed by atoms with Crippen molar-refractivity contribution in [3.63, 3.8) is 0 Å². The maximum Gasteiger partial charge on any atom is 0.0692 e. The van der Waals surface area contributed by atoms with Crippen molar-refractivity contribution in [3.8, 4) is 0 Å². The molecule has 1 nitrogen and oxygen atoms in total. The minimum Gasteiger partial charge on any atom is -0.392 e. The smallest absolute Gasteiger partial charge is 0.0692 e. The Labute approximate surface area is 98.0 Å². The van der Waals surface area contributed by atoms with Crippen LogP contribution in [-0.4, -0.2) is 10.4 Å². The Balaban J connectivity index is 2.76. The van der Waals surface area contributed by atoms with Gasteiger partial charge in [-0.3, -0.25) is 0 Å². The molecule has 0 bridgehead atoms. The van der Waals surface area contributed by atoms with Gasteiger partial charge in [-0.15, -0.1) is 11.8 Å². The molecule has 0 aromatic heterocycles. The third-order valence-electron chi connectivity index (χ3n) is 2.11. The van der Waals surface area contributed by atoms with Crippen LogP contribution < -0.4 is 0 Å². The quantitative estimate of drug-likeness (QED) is 0.843. The zero-order valence-corrected chi connectivity index (χ0v) is 10.9. The lowest BCUT2D eigenvalue weighted by Gasteiger charge is -2.09. The molecule has 3 heteroatoms. The van der Waals surface area contributed by atoms with E-state index in [4.69, 9.17) is 5.11 Å². The lowest BCUT2D eigenvalue weighted by atomic mass is 10.2. The van der Waals surface area contributed by atoms with E-state index in [0.29, 0.717) is 5.25 Å². The van der Waals surface area contributed by atoms with Gasteiger partial charge in [-0.1, -0.05) is 35.8 Å². The highest BCUT2D eigenvalue weighted by Crippen LogP contribution is 2.29. The summed E-state index contributed by atoms with van der Waals surface area (Å²) < 4.78 is 0.994. The van der Waals surface area contributed by atoms with E-state index in [9.17, 15) is 0 Å². The minimum absolute atomic E-state index is 0.0921. The SMILES string of the molecule is CCC(C)Sc1ccc(CO)c(Br)c1. The summed E-state index contributed by atoms with van der Waals surface area (Å²) in [6, 6.07) is 6.10. The summed E-state index contributed by atoms with van der Waals surface area (Å²) in [5.41, 5.74) is 0.943. The molecule has 14 heavy (non-hydrogen) atoms. The zero-order chi connectivity index (χ0) is 10.6. The van der Waals surface area contributed by atoms with Crippen LogP contribution in [0.5, 0.6) is 0 Å². The number of rotatable bonds is 4. The van der Waals surface area contributed by atoms with Crippen molar-refractivity contribution in [1.82, 2.24) is 0 Å². The summed E-state index contributed by atoms with van der Waals surface area (Å²) in [5, 5.41) is 9.64. The van der Waals surface area contributed by atoms with Crippen LogP contribution in [0.3, 0.4) is 0 Å². The minimum atomic E-state index is 0.0921. The second-order valence-corrected chi connectivity index (χ2v) is 5.61. The summed E-state index contributed by atoms with van der Waals surface area (Å²) in [6.07, 6.45) is 1.17. The van der Waals surface area contributed by atoms with Gasteiger partial charge in [0.15, 0.2) is 0 Å². The van der Waals surface area contributed by atoms with E-state index in [1.807, 2.05) is 17.8 Å². The van der Waals surface area contributed by atoms with Crippen molar-refractivity contribution in [2.45, 2.75) is 37.0 Å². The second-order valence-electron chi connectivity index (χ2n) is 3.25. The Morgan fingerprint density at radius 1 is 1.50 bits per heavy atom. The standard InChI is InChI=1S/C11H15BrOS/c1-3-8(2)14-10-5-4-9(7-13)11(12)6-10/h4-6,8,13H,3,7H2,1-2H3. The van der Waals surface area contributed by atoms with E-state index in [-0.39, 0.29) is 6.61 Å². The molecule has 0 saturated heterocycles. The molecule has 0 aliphatic rings. The van der Waals surface area contributed by atoms with Crippen LogP contribution in [0.2, 0.25) is 0 Å². The molecule has 0 amide bonds. The number of thioether (sulfide) groups is 1. The first-order valence-corrected chi connectivity index (χ1v) is 6.40. The number of hydrogen-bond donors (Lipinski definition) is 1. The number of aliphatic hydroxyl groups is 1. The molecule has 1 N–H and O–H groups in total. The normalized spacial score (nSPS) is 12.9. The van der Waals surface area contributed by atoms with E-state index >= 15 is 0 Å². The predicted octanol–water partition coefficient (Wildman–Crippen LogP) is 3.83. The lowest BCUT2D eigenvalue weighted by molar-refractivity contribution is 0.281. The fourth-order valence-electron chi connectivity index (χ4n) is 1.05. The van der Waals surface area contributed by atoms with Gasteiger partial charge in [0.05, 0.1) is 6.61 Å². The first kappa shape index (κ1) is 12.1. The van der Waals surface area contributed by atoms with Gasteiger partial charge in [-0.05, 0) is 24.1 Å². The average molecular weight is 275 g/mol. The van der Waals surface area contributed by atoms with E-state index < -0.39 is 0 Å². The van der Waals surface area contributed by atoms with Gasteiger partial charge in [0.1, 0.15) is 0 Å². The third kappa shape index (κ3) is 3.30. The fraction of sp³-hybridized carbons (Fsp3) is 0.455. The monoisotopic (exact) mass is 274 g/mol. The number of aliphatic hydroxyl groups excluding tert-OH is 1. The Morgan fingerprint density at radius 3 is 2.71 bits per heavy atom. The van der Waals surface area contributed by atoms with Gasteiger partial charge in [-0.2, -0.15) is 0 Å². The zero-order valence-electron chi connectivity index (χ0n) is 8.46. The van der Waals surface area contributed by atoms with E-state index in [0.717, 1.165) is 10.0 Å². The first-order valence-electron chi connectivity index (χ1n) is 4.73. The van der Waals surface area contributed by atoms with Crippen molar-refractivity contribution < 1.29 is 5.11 Å². The first-order chi connectivity index (χ1) is 6.67. The van der Waals surface area contributed by atoms with Crippen molar-refractivity contribution in [2.24, 2.45) is 0 Å². The van der Waals surface area contributed by atoms with Gasteiger partial charge >= 0.3 is 0 Å². The highest BCUT2D eigenvalue weighted by Gasteiger charge is 2.04. The molecule has 1 atom stereocenters. The molecule has 1 aromatic rings. The highest BCUT2D eigenvalue weighted by atomic mass is 79.9. The predicted molar refractivity (Wildman–Crippen MR) is 65.7 cm³/mol. The number of benzene rings is 1. The van der Waals surface area contributed by atoms with Crippen molar-refractivity contribution in [2.75, 3.05) is 0 Å². The van der Waals surface area contributed by atoms with E-state index in [2.05, 4.69) is 41.9 Å². The second kappa shape index (κ2) is 5.79. The van der Waals surface area contributed by atoms with Crippen molar-refractivity contribution in [1.29, 1.82) is 0 Å². The molecule has 0 aliphatic carbocycles. The molecule has 0 saturated carbocycles.